The fraction of sp³-hybridized carbons (Fsp3) is 0.917. The first-order valence-electron chi connectivity index (χ1n) is 6.17. The molecule has 0 radical (unpaired) electrons. The molecule has 0 saturated heterocycles. The maximum Gasteiger partial charge on any atom is 0.236 e. The molecule has 1 saturated carbocycles. The molecule has 0 aromatic rings. The molecule has 0 bridgehead atoms. The van der Waals surface area contributed by atoms with E-state index in [1.807, 2.05) is 0 Å². The number of amides is 1. The van der Waals surface area contributed by atoms with E-state index in [0.717, 1.165) is 0 Å². The summed E-state index contributed by atoms with van der Waals surface area (Å²) in [5.74, 6) is 0.627. The van der Waals surface area contributed by atoms with Crippen molar-refractivity contribution in [3.05, 3.63) is 0 Å². The lowest BCUT2D eigenvalue weighted by Gasteiger charge is -2.24. The Labute approximate surface area is 92.8 Å². The molecule has 0 unspecified atom stereocenters. The van der Waals surface area contributed by atoms with Gasteiger partial charge >= 0.3 is 0 Å². The van der Waals surface area contributed by atoms with Crippen LogP contribution >= 0.6 is 0 Å². The van der Waals surface area contributed by atoms with E-state index < -0.39 is 6.04 Å². The van der Waals surface area contributed by atoms with Crippen molar-refractivity contribution in [1.29, 1.82) is 0 Å². The molecule has 0 aromatic heterocycles. The van der Waals surface area contributed by atoms with Gasteiger partial charge in [0.25, 0.3) is 0 Å². The number of rotatable bonds is 3. The van der Waals surface area contributed by atoms with Gasteiger partial charge in [-0.25, -0.2) is 0 Å². The number of nitrogens with one attached hydrogen (secondary N) is 1. The van der Waals surface area contributed by atoms with Crippen molar-refractivity contribution < 1.29 is 4.79 Å². The summed E-state index contributed by atoms with van der Waals surface area (Å²) in [5, 5.41) is 3.01. The average molecular weight is 212 g/mol. The highest BCUT2D eigenvalue weighted by Gasteiger charge is 2.21. The van der Waals surface area contributed by atoms with E-state index in [9.17, 15) is 4.79 Å². The molecule has 2 atom stereocenters. The van der Waals surface area contributed by atoms with Crippen LogP contribution in [-0.2, 0) is 4.79 Å². The average Bonchev–Trinajstić information content (AvgIpc) is 2.45. The molecule has 3 heteroatoms. The Morgan fingerprint density at radius 2 is 1.73 bits per heavy atom. The maximum atomic E-state index is 11.4. The Morgan fingerprint density at radius 1 is 1.20 bits per heavy atom. The third kappa shape index (κ3) is 4.20. The van der Waals surface area contributed by atoms with Crippen LogP contribution in [0.5, 0.6) is 0 Å². The van der Waals surface area contributed by atoms with Crippen molar-refractivity contribution in [3.8, 4) is 0 Å². The zero-order chi connectivity index (χ0) is 11.3. The molecule has 1 amide bonds. The van der Waals surface area contributed by atoms with Gasteiger partial charge in [-0.2, -0.15) is 0 Å². The third-order valence-electron chi connectivity index (χ3n) is 3.39. The Morgan fingerprint density at radius 3 is 2.20 bits per heavy atom. The minimum Gasteiger partial charge on any atom is -0.352 e. The molecular weight excluding hydrogens is 188 g/mol. The highest BCUT2D eigenvalue weighted by molar-refractivity contribution is 5.81. The first-order chi connectivity index (χ1) is 7.11. The van der Waals surface area contributed by atoms with Gasteiger partial charge in [0, 0.05) is 6.04 Å². The van der Waals surface area contributed by atoms with Crippen LogP contribution < -0.4 is 11.1 Å². The van der Waals surface area contributed by atoms with E-state index in [1.165, 1.54) is 38.5 Å². The van der Waals surface area contributed by atoms with Gasteiger partial charge in [-0.05, 0) is 32.6 Å². The van der Waals surface area contributed by atoms with Gasteiger partial charge in [0.1, 0.15) is 0 Å². The fourth-order valence-corrected chi connectivity index (χ4v) is 2.28. The lowest BCUT2D eigenvalue weighted by molar-refractivity contribution is -0.122. The van der Waals surface area contributed by atoms with E-state index in [4.69, 9.17) is 5.73 Å². The highest BCUT2D eigenvalue weighted by Crippen LogP contribution is 2.25. The van der Waals surface area contributed by atoms with Crippen LogP contribution in [0.2, 0.25) is 0 Å². The summed E-state index contributed by atoms with van der Waals surface area (Å²) in [5.41, 5.74) is 5.53. The van der Waals surface area contributed by atoms with Gasteiger partial charge < -0.3 is 11.1 Å². The highest BCUT2D eigenvalue weighted by atomic mass is 16.2. The molecule has 3 N–H and O–H groups in total. The predicted molar refractivity (Wildman–Crippen MR) is 62.4 cm³/mol. The zero-order valence-corrected chi connectivity index (χ0v) is 9.96. The summed E-state index contributed by atoms with van der Waals surface area (Å²) in [6.07, 6.45) is 7.82. The summed E-state index contributed by atoms with van der Waals surface area (Å²) in [4.78, 5) is 11.4. The SMILES string of the molecule is C[C@@H](N)C(=O)N[C@H](C)C1CCCCCC1. The second-order valence-electron chi connectivity index (χ2n) is 4.84. The molecule has 1 fully saturated rings. The van der Waals surface area contributed by atoms with Gasteiger partial charge in [-0.3, -0.25) is 4.79 Å². The number of hydrogen-bond donors (Lipinski definition) is 2. The number of hydrogen-bond acceptors (Lipinski definition) is 2. The van der Waals surface area contributed by atoms with Crippen molar-refractivity contribution >= 4 is 5.91 Å². The van der Waals surface area contributed by atoms with E-state index in [0.29, 0.717) is 5.92 Å². The van der Waals surface area contributed by atoms with Crippen LogP contribution in [0.1, 0.15) is 52.4 Å². The maximum absolute atomic E-state index is 11.4. The number of carbonyl (C=O) groups excluding carboxylic acids is 1. The van der Waals surface area contributed by atoms with Gasteiger partial charge in [0.15, 0.2) is 0 Å². The van der Waals surface area contributed by atoms with Crippen LogP contribution in [0, 0.1) is 5.92 Å². The minimum atomic E-state index is -0.391. The fourth-order valence-electron chi connectivity index (χ4n) is 2.28. The second-order valence-corrected chi connectivity index (χ2v) is 4.84. The Bertz CT molecular complexity index is 196. The van der Waals surface area contributed by atoms with Crippen LogP contribution in [0.15, 0.2) is 0 Å². The third-order valence-corrected chi connectivity index (χ3v) is 3.39. The predicted octanol–water partition coefficient (Wildman–Crippen LogP) is 1.81. The van der Waals surface area contributed by atoms with Crippen LogP contribution in [0.25, 0.3) is 0 Å². The van der Waals surface area contributed by atoms with Crippen molar-refractivity contribution in [2.24, 2.45) is 11.7 Å². The molecule has 0 heterocycles. The zero-order valence-electron chi connectivity index (χ0n) is 9.96. The van der Waals surface area contributed by atoms with Gasteiger partial charge in [-0.15, -0.1) is 0 Å². The second kappa shape index (κ2) is 6.11. The smallest absolute Gasteiger partial charge is 0.236 e. The first-order valence-corrected chi connectivity index (χ1v) is 6.17. The van der Waals surface area contributed by atoms with Crippen molar-refractivity contribution in [1.82, 2.24) is 5.32 Å². The molecule has 1 rings (SSSR count). The van der Waals surface area contributed by atoms with Gasteiger partial charge in [0.05, 0.1) is 6.04 Å². The molecule has 15 heavy (non-hydrogen) atoms. The van der Waals surface area contributed by atoms with Crippen molar-refractivity contribution in [2.45, 2.75) is 64.5 Å². The monoisotopic (exact) mass is 212 g/mol. The topological polar surface area (TPSA) is 55.1 Å². The molecule has 3 nitrogen and oxygen atoms in total. The number of nitrogens with two attached hydrogens (primary N) is 1. The van der Waals surface area contributed by atoms with Gasteiger partial charge in [0.2, 0.25) is 5.91 Å². The lowest BCUT2D eigenvalue weighted by Crippen LogP contribution is -2.45. The normalized spacial score (nSPS) is 22.9. The van der Waals surface area contributed by atoms with E-state index in [2.05, 4.69) is 12.2 Å². The summed E-state index contributed by atoms with van der Waals surface area (Å²) < 4.78 is 0. The quantitative estimate of drug-likeness (QED) is 0.701. The lowest BCUT2D eigenvalue weighted by atomic mass is 9.93. The molecule has 1 aliphatic rings. The minimum absolute atomic E-state index is 0.0215. The molecule has 0 spiro atoms. The van der Waals surface area contributed by atoms with Crippen LogP contribution in [-0.4, -0.2) is 18.0 Å². The Hall–Kier alpha value is -0.570. The van der Waals surface area contributed by atoms with E-state index in [-0.39, 0.29) is 11.9 Å². The summed E-state index contributed by atoms with van der Waals surface area (Å²) in [7, 11) is 0. The summed E-state index contributed by atoms with van der Waals surface area (Å²) in [6.45, 7) is 3.84. The molecule has 88 valence electrons. The Kier molecular flexibility index (Phi) is 5.09. The standard InChI is InChI=1S/C12H24N2O/c1-9(13)12(15)14-10(2)11-7-5-3-4-6-8-11/h9-11H,3-8,13H2,1-2H3,(H,14,15)/t9-,10-/m1/s1. The molecule has 0 aliphatic heterocycles. The van der Waals surface area contributed by atoms with E-state index in [1.54, 1.807) is 6.92 Å². The first kappa shape index (κ1) is 12.5. The van der Waals surface area contributed by atoms with Crippen molar-refractivity contribution in [3.63, 3.8) is 0 Å². The Balaban J connectivity index is 2.37. The van der Waals surface area contributed by atoms with E-state index >= 15 is 0 Å². The summed E-state index contributed by atoms with van der Waals surface area (Å²) in [6, 6.07) is -0.111. The summed E-state index contributed by atoms with van der Waals surface area (Å²) >= 11 is 0. The molecule has 0 aromatic carbocycles. The molecule has 1 aliphatic carbocycles. The van der Waals surface area contributed by atoms with Crippen LogP contribution in [0.4, 0.5) is 0 Å². The number of carbonyl (C=O) groups is 1. The van der Waals surface area contributed by atoms with Crippen molar-refractivity contribution in [2.75, 3.05) is 0 Å². The molecular formula is C12H24N2O. The largest absolute Gasteiger partial charge is 0.352 e. The van der Waals surface area contributed by atoms with Crippen LogP contribution in [0.3, 0.4) is 0 Å². The van der Waals surface area contributed by atoms with Gasteiger partial charge in [-0.1, -0.05) is 25.7 Å².